The zero-order chi connectivity index (χ0) is 14.7. The van der Waals surface area contributed by atoms with Crippen LogP contribution in [0.5, 0.6) is 0 Å². The summed E-state index contributed by atoms with van der Waals surface area (Å²) < 4.78 is 0. The Bertz CT molecular complexity index is 521. The van der Waals surface area contributed by atoms with Crippen LogP contribution in [0.2, 0.25) is 0 Å². The Morgan fingerprint density at radius 2 is 1.48 bits per heavy atom. The lowest BCUT2D eigenvalue weighted by atomic mass is 9.78. The van der Waals surface area contributed by atoms with Crippen molar-refractivity contribution < 1.29 is 5.11 Å². The second-order valence-corrected chi connectivity index (χ2v) is 6.27. The predicted octanol–water partition coefficient (Wildman–Crippen LogP) is 3.32. The van der Waals surface area contributed by atoms with Gasteiger partial charge in [-0.25, -0.2) is 0 Å². The quantitative estimate of drug-likeness (QED) is 0.851. The van der Waals surface area contributed by atoms with Gasteiger partial charge < -0.3 is 10.4 Å². The fourth-order valence-electron chi connectivity index (χ4n) is 2.94. The Morgan fingerprint density at radius 1 is 1.00 bits per heavy atom. The Morgan fingerprint density at radius 3 is 1.90 bits per heavy atom. The maximum Gasteiger partial charge on any atom is 0.0852 e. The molecule has 1 saturated carbocycles. The third-order valence-electron chi connectivity index (χ3n) is 4.21. The normalized spacial score (nSPS) is 17.7. The average molecular weight is 281 g/mol. The van der Waals surface area contributed by atoms with Crippen molar-refractivity contribution in [3.8, 4) is 0 Å². The van der Waals surface area contributed by atoms with Gasteiger partial charge in [-0.05, 0) is 30.9 Å². The van der Waals surface area contributed by atoms with E-state index >= 15 is 0 Å². The van der Waals surface area contributed by atoms with Crippen LogP contribution in [0.4, 0.5) is 0 Å². The Labute approximate surface area is 126 Å². The van der Waals surface area contributed by atoms with Crippen LogP contribution in [0, 0.1) is 0 Å². The van der Waals surface area contributed by atoms with Gasteiger partial charge in [-0.3, -0.25) is 0 Å². The molecule has 1 atom stereocenters. The zero-order valence-corrected chi connectivity index (χ0v) is 12.5. The second-order valence-electron chi connectivity index (χ2n) is 6.27. The summed E-state index contributed by atoms with van der Waals surface area (Å²) in [6, 6.07) is 21.2. The molecule has 2 nitrogen and oxygen atoms in total. The monoisotopic (exact) mass is 281 g/mol. The second kappa shape index (κ2) is 6.00. The molecule has 2 aromatic carbocycles. The largest absolute Gasteiger partial charge is 0.388 e. The van der Waals surface area contributed by atoms with Crippen LogP contribution in [0.15, 0.2) is 60.7 Å². The Kier molecular flexibility index (Phi) is 4.09. The van der Waals surface area contributed by atoms with Gasteiger partial charge in [0, 0.05) is 18.5 Å². The minimum atomic E-state index is -0.814. The molecule has 21 heavy (non-hydrogen) atoms. The summed E-state index contributed by atoms with van der Waals surface area (Å²) in [6.07, 6.45) is 2.47. The molecule has 2 N–H and O–H groups in total. The van der Waals surface area contributed by atoms with Gasteiger partial charge in [0.1, 0.15) is 0 Å². The molecule has 0 aliphatic heterocycles. The van der Waals surface area contributed by atoms with Crippen molar-refractivity contribution >= 4 is 0 Å². The molecule has 0 bridgehead atoms. The van der Waals surface area contributed by atoms with Crippen molar-refractivity contribution in [2.75, 3.05) is 6.54 Å². The summed E-state index contributed by atoms with van der Waals surface area (Å²) in [6.45, 7) is 2.55. The fourth-order valence-corrected chi connectivity index (χ4v) is 2.94. The van der Waals surface area contributed by atoms with E-state index in [2.05, 4.69) is 29.6 Å². The molecule has 2 heteroatoms. The lowest BCUT2D eigenvalue weighted by molar-refractivity contribution is 0.0425. The molecule has 0 saturated heterocycles. The minimum Gasteiger partial charge on any atom is -0.388 e. The molecular formula is C19H23NO. The standard InChI is InChI=1S/C19H23NO/c1-19(21,14-20-17-12-13-17)18(15-8-4-2-5-9-15)16-10-6-3-7-11-16/h2-11,17-18,20-21H,12-14H2,1H3. The smallest absolute Gasteiger partial charge is 0.0852 e. The molecule has 0 amide bonds. The van der Waals surface area contributed by atoms with Crippen LogP contribution in [0.1, 0.15) is 36.8 Å². The highest BCUT2D eigenvalue weighted by Crippen LogP contribution is 2.35. The lowest BCUT2D eigenvalue weighted by Gasteiger charge is -2.34. The topological polar surface area (TPSA) is 32.3 Å². The first-order valence-corrected chi connectivity index (χ1v) is 7.72. The van der Waals surface area contributed by atoms with Crippen LogP contribution in [0.25, 0.3) is 0 Å². The molecule has 0 spiro atoms. The van der Waals surface area contributed by atoms with Crippen molar-refractivity contribution in [1.29, 1.82) is 0 Å². The van der Waals surface area contributed by atoms with Gasteiger partial charge in [0.05, 0.1) is 5.60 Å². The first kappa shape index (κ1) is 14.3. The predicted molar refractivity (Wildman–Crippen MR) is 86.4 cm³/mol. The molecule has 1 aliphatic rings. The Hall–Kier alpha value is -1.64. The van der Waals surface area contributed by atoms with Gasteiger partial charge in [-0.1, -0.05) is 60.7 Å². The SMILES string of the molecule is CC(O)(CNC1CC1)C(c1ccccc1)c1ccccc1. The van der Waals surface area contributed by atoms with Crippen LogP contribution in [-0.2, 0) is 0 Å². The van der Waals surface area contributed by atoms with E-state index in [1.54, 1.807) is 0 Å². The van der Waals surface area contributed by atoms with E-state index in [-0.39, 0.29) is 5.92 Å². The number of rotatable bonds is 6. The van der Waals surface area contributed by atoms with E-state index in [4.69, 9.17) is 0 Å². The van der Waals surface area contributed by atoms with Gasteiger partial charge in [0.2, 0.25) is 0 Å². The molecule has 1 unspecified atom stereocenters. The van der Waals surface area contributed by atoms with Crippen molar-refractivity contribution in [3.63, 3.8) is 0 Å². The molecular weight excluding hydrogens is 258 g/mol. The third-order valence-corrected chi connectivity index (χ3v) is 4.21. The summed E-state index contributed by atoms with van der Waals surface area (Å²) in [5, 5.41) is 14.6. The first-order valence-electron chi connectivity index (χ1n) is 7.72. The number of aliphatic hydroxyl groups is 1. The van der Waals surface area contributed by atoms with E-state index in [1.165, 1.54) is 12.8 Å². The summed E-state index contributed by atoms with van der Waals surface area (Å²) >= 11 is 0. The molecule has 110 valence electrons. The summed E-state index contributed by atoms with van der Waals surface area (Å²) in [7, 11) is 0. The molecule has 2 aromatic rings. The Balaban J connectivity index is 1.91. The van der Waals surface area contributed by atoms with Gasteiger partial charge in [0.25, 0.3) is 0 Å². The number of nitrogens with one attached hydrogen (secondary N) is 1. The molecule has 0 heterocycles. The highest BCUT2D eigenvalue weighted by atomic mass is 16.3. The van der Waals surface area contributed by atoms with Crippen molar-refractivity contribution in [1.82, 2.24) is 5.32 Å². The first-order chi connectivity index (χ1) is 10.2. The van der Waals surface area contributed by atoms with Gasteiger partial charge >= 0.3 is 0 Å². The van der Waals surface area contributed by atoms with Crippen molar-refractivity contribution in [2.45, 2.75) is 37.3 Å². The maximum absolute atomic E-state index is 11.1. The van der Waals surface area contributed by atoms with Crippen LogP contribution < -0.4 is 5.32 Å². The van der Waals surface area contributed by atoms with Crippen LogP contribution in [0.3, 0.4) is 0 Å². The molecule has 0 aromatic heterocycles. The number of hydrogen-bond donors (Lipinski definition) is 2. The van der Waals surface area contributed by atoms with Gasteiger partial charge in [-0.15, -0.1) is 0 Å². The minimum absolute atomic E-state index is 0.0221. The van der Waals surface area contributed by atoms with Crippen LogP contribution >= 0.6 is 0 Å². The summed E-state index contributed by atoms with van der Waals surface area (Å²) in [5.74, 6) is -0.0221. The van der Waals surface area contributed by atoms with E-state index < -0.39 is 5.60 Å². The highest BCUT2D eigenvalue weighted by molar-refractivity contribution is 5.35. The molecule has 0 radical (unpaired) electrons. The van der Waals surface area contributed by atoms with Gasteiger partial charge in [0.15, 0.2) is 0 Å². The van der Waals surface area contributed by atoms with E-state index in [0.29, 0.717) is 12.6 Å². The van der Waals surface area contributed by atoms with Gasteiger partial charge in [-0.2, -0.15) is 0 Å². The van der Waals surface area contributed by atoms with Crippen molar-refractivity contribution in [2.24, 2.45) is 0 Å². The summed E-state index contributed by atoms with van der Waals surface area (Å²) in [4.78, 5) is 0. The van der Waals surface area contributed by atoms with Crippen molar-refractivity contribution in [3.05, 3.63) is 71.8 Å². The van der Waals surface area contributed by atoms with Crippen LogP contribution in [-0.4, -0.2) is 23.3 Å². The van der Waals surface area contributed by atoms with E-state index in [1.807, 2.05) is 43.3 Å². The lowest BCUT2D eigenvalue weighted by Crippen LogP contribution is -2.44. The third kappa shape index (κ3) is 3.52. The zero-order valence-electron chi connectivity index (χ0n) is 12.5. The fraction of sp³-hybridized carbons (Fsp3) is 0.368. The number of hydrogen-bond acceptors (Lipinski definition) is 2. The number of benzene rings is 2. The summed E-state index contributed by atoms with van der Waals surface area (Å²) in [5.41, 5.74) is 1.50. The van der Waals surface area contributed by atoms with E-state index in [9.17, 15) is 5.11 Å². The molecule has 1 fully saturated rings. The molecule has 1 aliphatic carbocycles. The average Bonchev–Trinajstić information content (AvgIpc) is 3.32. The molecule has 3 rings (SSSR count). The highest BCUT2D eigenvalue weighted by Gasteiger charge is 2.35. The maximum atomic E-state index is 11.1. The van der Waals surface area contributed by atoms with E-state index in [0.717, 1.165) is 11.1 Å².